The molecule has 0 aromatic heterocycles. The van der Waals surface area contributed by atoms with Gasteiger partial charge in [-0.25, -0.2) is 0 Å². The van der Waals surface area contributed by atoms with Gasteiger partial charge in [-0.1, -0.05) is 43.2 Å². The van der Waals surface area contributed by atoms with Crippen LogP contribution in [0.3, 0.4) is 0 Å². The number of nitrogens with zero attached hydrogens (tertiary/aromatic N) is 2. The largest absolute Gasteiger partial charge is 0.350 e. The number of hydrogen-bond donors (Lipinski definition) is 1. The number of piperazine rings is 1. The van der Waals surface area contributed by atoms with E-state index in [1.807, 2.05) is 37.3 Å². The Morgan fingerprint density at radius 1 is 1.20 bits per heavy atom. The average Bonchev–Trinajstić information content (AvgIpc) is 3.15. The standard InChI is InChI=1S/C20H29N3O2/c1-16(17-7-3-2-4-8-17)21-19(24)11-12-22-13-14-23(20(25)15-22)18-9-5-6-10-18/h2-4,7-8,16,18H,5-6,9-15H2,1H3,(H,21,24)/t16-/m1/s1. The van der Waals surface area contributed by atoms with Crippen molar-refractivity contribution >= 4 is 11.8 Å². The van der Waals surface area contributed by atoms with E-state index in [2.05, 4.69) is 15.1 Å². The molecule has 1 atom stereocenters. The Kier molecular flexibility index (Phi) is 6.08. The van der Waals surface area contributed by atoms with E-state index in [9.17, 15) is 9.59 Å². The topological polar surface area (TPSA) is 52.7 Å². The van der Waals surface area contributed by atoms with Crippen LogP contribution in [-0.2, 0) is 9.59 Å². The van der Waals surface area contributed by atoms with Gasteiger partial charge in [0.05, 0.1) is 12.6 Å². The van der Waals surface area contributed by atoms with E-state index >= 15 is 0 Å². The number of nitrogens with one attached hydrogen (secondary N) is 1. The molecule has 0 radical (unpaired) electrons. The van der Waals surface area contributed by atoms with Crippen LogP contribution < -0.4 is 5.32 Å². The van der Waals surface area contributed by atoms with E-state index in [4.69, 9.17) is 0 Å². The summed E-state index contributed by atoms with van der Waals surface area (Å²) in [5.74, 6) is 0.276. The minimum Gasteiger partial charge on any atom is -0.350 e. The fourth-order valence-electron chi connectivity index (χ4n) is 3.93. The van der Waals surface area contributed by atoms with Gasteiger partial charge in [0.25, 0.3) is 0 Å². The van der Waals surface area contributed by atoms with Crippen molar-refractivity contribution < 1.29 is 9.59 Å². The van der Waals surface area contributed by atoms with Crippen molar-refractivity contribution in [1.29, 1.82) is 0 Å². The molecule has 1 N–H and O–H groups in total. The van der Waals surface area contributed by atoms with Gasteiger partial charge in [0.2, 0.25) is 11.8 Å². The van der Waals surface area contributed by atoms with Crippen molar-refractivity contribution in [3.8, 4) is 0 Å². The zero-order valence-corrected chi connectivity index (χ0v) is 15.1. The van der Waals surface area contributed by atoms with Gasteiger partial charge in [0.15, 0.2) is 0 Å². The minimum atomic E-state index is 0.00884. The quantitative estimate of drug-likeness (QED) is 0.863. The monoisotopic (exact) mass is 343 g/mol. The Bertz CT molecular complexity index is 584. The lowest BCUT2D eigenvalue weighted by atomic mass is 10.1. The second kappa shape index (κ2) is 8.48. The first kappa shape index (κ1) is 17.9. The number of carbonyl (C=O) groups excluding carboxylic acids is 2. The van der Waals surface area contributed by atoms with E-state index in [0.717, 1.165) is 31.5 Å². The Morgan fingerprint density at radius 2 is 1.92 bits per heavy atom. The van der Waals surface area contributed by atoms with Crippen molar-refractivity contribution in [1.82, 2.24) is 15.1 Å². The summed E-state index contributed by atoms with van der Waals surface area (Å²) >= 11 is 0. The van der Waals surface area contributed by atoms with Crippen molar-refractivity contribution in [2.75, 3.05) is 26.2 Å². The molecule has 2 aliphatic rings. The average molecular weight is 343 g/mol. The number of carbonyl (C=O) groups is 2. The summed E-state index contributed by atoms with van der Waals surface area (Å²) in [6, 6.07) is 10.4. The SMILES string of the molecule is C[C@@H](NC(=O)CCN1CCN(C2CCCC2)C(=O)C1)c1ccccc1. The Morgan fingerprint density at radius 3 is 2.60 bits per heavy atom. The molecular formula is C20H29N3O2. The van der Waals surface area contributed by atoms with Gasteiger partial charge in [0, 0.05) is 32.1 Å². The van der Waals surface area contributed by atoms with Crippen LogP contribution in [0, 0.1) is 0 Å². The number of amides is 2. The predicted octanol–water partition coefficient (Wildman–Crippen LogP) is 2.34. The molecule has 1 saturated carbocycles. The van der Waals surface area contributed by atoms with Gasteiger partial charge in [0.1, 0.15) is 0 Å². The number of hydrogen-bond acceptors (Lipinski definition) is 3. The second-order valence-corrected chi connectivity index (χ2v) is 7.25. The highest BCUT2D eigenvalue weighted by Gasteiger charge is 2.31. The fraction of sp³-hybridized carbons (Fsp3) is 0.600. The van der Waals surface area contributed by atoms with Crippen molar-refractivity contribution in [2.45, 2.75) is 51.1 Å². The van der Waals surface area contributed by atoms with Gasteiger partial charge in [-0.2, -0.15) is 0 Å². The molecule has 1 aliphatic carbocycles. The van der Waals surface area contributed by atoms with E-state index < -0.39 is 0 Å². The Labute approximate surface area is 150 Å². The molecule has 25 heavy (non-hydrogen) atoms. The van der Waals surface area contributed by atoms with Gasteiger partial charge >= 0.3 is 0 Å². The maximum absolute atomic E-state index is 12.4. The van der Waals surface area contributed by atoms with Crippen LogP contribution in [0.25, 0.3) is 0 Å². The van der Waals surface area contributed by atoms with Gasteiger partial charge in [-0.15, -0.1) is 0 Å². The lowest BCUT2D eigenvalue weighted by Crippen LogP contribution is -2.53. The van der Waals surface area contributed by atoms with Crippen molar-refractivity contribution in [3.63, 3.8) is 0 Å². The zero-order chi connectivity index (χ0) is 17.6. The molecule has 1 aromatic carbocycles. The van der Waals surface area contributed by atoms with Crippen LogP contribution in [0.15, 0.2) is 30.3 Å². The maximum atomic E-state index is 12.4. The second-order valence-electron chi connectivity index (χ2n) is 7.25. The van der Waals surface area contributed by atoms with E-state index in [0.29, 0.717) is 25.6 Å². The number of rotatable bonds is 6. The lowest BCUT2D eigenvalue weighted by molar-refractivity contribution is -0.139. The molecule has 1 saturated heterocycles. The van der Waals surface area contributed by atoms with Gasteiger partial charge in [-0.3, -0.25) is 14.5 Å². The highest BCUT2D eigenvalue weighted by molar-refractivity contribution is 5.80. The molecule has 0 unspecified atom stereocenters. The summed E-state index contributed by atoms with van der Waals surface area (Å²) < 4.78 is 0. The summed E-state index contributed by atoms with van der Waals surface area (Å²) in [7, 11) is 0. The van der Waals surface area contributed by atoms with E-state index in [1.165, 1.54) is 12.8 Å². The smallest absolute Gasteiger partial charge is 0.237 e. The number of benzene rings is 1. The maximum Gasteiger partial charge on any atom is 0.237 e. The fourth-order valence-corrected chi connectivity index (χ4v) is 3.93. The van der Waals surface area contributed by atoms with Crippen LogP contribution in [0.1, 0.15) is 50.6 Å². The highest BCUT2D eigenvalue weighted by Crippen LogP contribution is 2.24. The van der Waals surface area contributed by atoms with E-state index in [-0.39, 0.29) is 17.9 Å². The third-order valence-electron chi connectivity index (χ3n) is 5.43. The molecule has 1 aromatic rings. The molecular weight excluding hydrogens is 314 g/mol. The zero-order valence-electron chi connectivity index (χ0n) is 15.1. The van der Waals surface area contributed by atoms with Crippen molar-refractivity contribution in [2.24, 2.45) is 0 Å². The molecule has 136 valence electrons. The molecule has 2 fully saturated rings. The molecule has 5 nitrogen and oxygen atoms in total. The highest BCUT2D eigenvalue weighted by atomic mass is 16.2. The molecule has 3 rings (SSSR count). The minimum absolute atomic E-state index is 0.00884. The molecule has 0 spiro atoms. The molecule has 5 heteroatoms. The predicted molar refractivity (Wildman–Crippen MR) is 98.0 cm³/mol. The molecule has 0 bridgehead atoms. The molecule has 1 heterocycles. The van der Waals surface area contributed by atoms with Crippen LogP contribution in [0.4, 0.5) is 0 Å². The van der Waals surface area contributed by atoms with Crippen molar-refractivity contribution in [3.05, 3.63) is 35.9 Å². The normalized spacial score (nSPS) is 20.7. The summed E-state index contributed by atoms with van der Waals surface area (Å²) in [5.41, 5.74) is 1.11. The lowest BCUT2D eigenvalue weighted by Gasteiger charge is -2.37. The van der Waals surface area contributed by atoms with Gasteiger partial charge < -0.3 is 10.2 Å². The van der Waals surface area contributed by atoms with Crippen LogP contribution in [-0.4, -0.2) is 53.8 Å². The van der Waals surface area contributed by atoms with E-state index in [1.54, 1.807) is 0 Å². The third kappa shape index (κ3) is 4.82. The van der Waals surface area contributed by atoms with Crippen LogP contribution in [0.2, 0.25) is 0 Å². The van der Waals surface area contributed by atoms with Crippen LogP contribution in [0.5, 0.6) is 0 Å². The summed E-state index contributed by atoms with van der Waals surface area (Å²) in [4.78, 5) is 28.8. The summed E-state index contributed by atoms with van der Waals surface area (Å²) in [5, 5.41) is 3.04. The van der Waals surface area contributed by atoms with Crippen LogP contribution >= 0.6 is 0 Å². The third-order valence-corrected chi connectivity index (χ3v) is 5.43. The first-order chi connectivity index (χ1) is 12.1. The molecule has 1 aliphatic heterocycles. The summed E-state index contributed by atoms with van der Waals surface area (Å²) in [6.07, 6.45) is 5.25. The molecule has 2 amide bonds. The first-order valence-electron chi connectivity index (χ1n) is 9.49. The Balaban J connectivity index is 1.40. The first-order valence-corrected chi connectivity index (χ1v) is 9.49. The summed E-state index contributed by atoms with van der Waals surface area (Å²) in [6.45, 7) is 4.79. The van der Waals surface area contributed by atoms with Gasteiger partial charge in [-0.05, 0) is 25.3 Å². The Hall–Kier alpha value is -1.88.